The molecular weight excluding hydrogens is 226 g/mol. The normalized spacial score (nSPS) is 9.50. The molecule has 0 N–H and O–H groups in total. The molecule has 1 aromatic heterocycles. The Balaban J connectivity index is 2.35. The van der Waals surface area contributed by atoms with Crippen molar-refractivity contribution >= 4 is 11.6 Å². The molecule has 0 aliphatic carbocycles. The van der Waals surface area contributed by atoms with Crippen LogP contribution in [0.2, 0.25) is 5.15 Å². The summed E-state index contributed by atoms with van der Waals surface area (Å²) in [5.74, 6) is 0.597. The highest BCUT2D eigenvalue weighted by Gasteiger charge is 2.07. The molecule has 0 saturated heterocycles. The van der Waals surface area contributed by atoms with Crippen LogP contribution in [0.4, 0.5) is 0 Å². The Bertz CT molecular complexity index is 551. The third-order valence-corrected chi connectivity index (χ3v) is 2.10. The number of para-hydroxylation sites is 1. The van der Waals surface area contributed by atoms with Crippen molar-refractivity contribution in [2.45, 2.75) is 0 Å². The molecule has 2 aromatic rings. The lowest BCUT2D eigenvalue weighted by Crippen LogP contribution is -1.92. The minimum absolute atomic E-state index is 0.162. The summed E-state index contributed by atoms with van der Waals surface area (Å²) in [6, 6.07) is 8.86. The van der Waals surface area contributed by atoms with Gasteiger partial charge in [-0.15, -0.1) is 0 Å². The SMILES string of the molecule is N#Cc1ccccc1Oc1nccnc1Cl. The van der Waals surface area contributed by atoms with Crippen LogP contribution in [-0.2, 0) is 0 Å². The molecule has 0 radical (unpaired) electrons. The van der Waals surface area contributed by atoms with Crippen molar-refractivity contribution in [1.29, 1.82) is 5.26 Å². The van der Waals surface area contributed by atoms with Crippen LogP contribution >= 0.6 is 11.6 Å². The fourth-order valence-electron chi connectivity index (χ4n) is 1.13. The van der Waals surface area contributed by atoms with Gasteiger partial charge >= 0.3 is 0 Å². The van der Waals surface area contributed by atoms with E-state index < -0.39 is 0 Å². The summed E-state index contributed by atoms with van der Waals surface area (Å²) in [6.45, 7) is 0. The number of rotatable bonds is 2. The minimum atomic E-state index is 0.162. The lowest BCUT2D eigenvalue weighted by atomic mass is 10.2. The second-order valence-electron chi connectivity index (χ2n) is 2.86. The van der Waals surface area contributed by atoms with Gasteiger partial charge < -0.3 is 4.74 Å². The van der Waals surface area contributed by atoms with Crippen molar-refractivity contribution in [2.24, 2.45) is 0 Å². The van der Waals surface area contributed by atoms with Gasteiger partial charge in [0.2, 0.25) is 0 Å². The largest absolute Gasteiger partial charge is 0.435 e. The zero-order valence-electron chi connectivity index (χ0n) is 8.09. The standard InChI is InChI=1S/C11H6ClN3O/c12-10-11(15-6-5-14-10)16-9-4-2-1-3-8(9)7-13/h1-6H. The number of nitriles is 1. The minimum Gasteiger partial charge on any atom is -0.435 e. The molecule has 16 heavy (non-hydrogen) atoms. The van der Waals surface area contributed by atoms with E-state index in [0.717, 1.165) is 0 Å². The summed E-state index contributed by atoms with van der Waals surface area (Å²) >= 11 is 5.79. The molecule has 4 nitrogen and oxygen atoms in total. The molecule has 0 amide bonds. The Morgan fingerprint density at radius 3 is 2.69 bits per heavy atom. The number of ether oxygens (including phenoxy) is 1. The van der Waals surface area contributed by atoms with E-state index in [1.165, 1.54) is 12.4 Å². The fourth-order valence-corrected chi connectivity index (χ4v) is 1.27. The second kappa shape index (κ2) is 4.60. The van der Waals surface area contributed by atoms with Gasteiger partial charge in [0.15, 0.2) is 5.15 Å². The summed E-state index contributed by atoms with van der Waals surface area (Å²) in [4.78, 5) is 7.75. The highest BCUT2D eigenvalue weighted by Crippen LogP contribution is 2.26. The smallest absolute Gasteiger partial charge is 0.257 e. The number of benzene rings is 1. The number of hydrogen-bond donors (Lipinski definition) is 0. The Morgan fingerprint density at radius 1 is 1.19 bits per heavy atom. The quantitative estimate of drug-likeness (QED) is 0.797. The van der Waals surface area contributed by atoms with Crippen molar-refractivity contribution in [3.05, 3.63) is 47.4 Å². The van der Waals surface area contributed by atoms with Crippen LogP contribution in [0.3, 0.4) is 0 Å². The predicted octanol–water partition coefficient (Wildman–Crippen LogP) is 2.79. The molecule has 0 fully saturated rings. The third-order valence-electron chi connectivity index (χ3n) is 1.84. The molecule has 1 aromatic carbocycles. The van der Waals surface area contributed by atoms with Gasteiger partial charge in [-0.3, -0.25) is 0 Å². The predicted molar refractivity (Wildman–Crippen MR) is 58.3 cm³/mol. The lowest BCUT2D eigenvalue weighted by molar-refractivity contribution is 0.459. The molecule has 0 aliphatic rings. The van der Waals surface area contributed by atoms with Crippen LogP contribution in [0.1, 0.15) is 5.56 Å². The molecule has 0 saturated carbocycles. The number of nitrogens with zero attached hydrogens (tertiary/aromatic N) is 3. The second-order valence-corrected chi connectivity index (χ2v) is 3.22. The van der Waals surface area contributed by atoms with Crippen molar-refractivity contribution < 1.29 is 4.74 Å². The zero-order valence-corrected chi connectivity index (χ0v) is 8.85. The fraction of sp³-hybridized carbons (Fsp3) is 0. The van der Waals surface area contributed by atoms with E-state index >= 15 is 0 Å². The molecule has 5 heteroatoms. The van der Waals surface area contributed by atoms with Crippen LogP contribution in [-0.4, -0.2) is 9.97 Å². The highest BCUT2D eigenvalue weighted by atomic mass is 35.5. The summed E-state index contributed by atoms with van der Waals surface area (Å²) in [5.41, 5.74) is 0.421. The molecule has 2 rings (SSSR count). The maximum absolute atomic E-state index is 8.87. The van der Waals surface area contributed by atoms with Gasteiger partial charge in [-0.2, -0.15) is 5.26 Å². The highest BCUT2D eigenvalue weighted by molar-refractivity contribution is 6.30. The van der Waals surface area contributed by atoms with Gasteiger partial charge in [-0.25, -0.2) is 9.97 Å². The average Bonchev–Trinajstić information content (AvgIpc) is 2.33. The molecule has 0 aliphatic heterocycles. The van der Waals surface area contributed by atoms with Crippen LogP contribution in [0, 0.1) is 11.3 Å². The summed E-state index contributed by atoms with van der Waals surface area (Å²) in [5, 5.41) is 9.03. The number of hydrogen-bond acceptors (Lipinski definition) is 4. The molecule has 0 unspecified atom stereocenters. The maximum Gasteiger partial charge on any atom is 0.257 e. The van der Waals surface area contributed by atoms with Gasteiger partial charge in [0.05, 0.1) is 5.56 Å². The Morgan fingerprint density at radius 2 is 1.94 bits per heavy atom. The number of aromatic nitrogens is 2. The van der Waals surface area contributed by atoms with Gasteiger partial charge in [0.1, 0.15) is 11.8 Å². The molecule has 1 heterocycles. The Kier molecular flexibility index (Phi) is 2.99. The summed E-state index contributed by atoms with van der Waals surface area (Å²) < 4.78 is 5.40. The zero-order chi connectivity index (χ0) is 11.4. The monoisotopic (exact) mass is 231 g/mol. The third kappa shape index (κ3) is 2.10. The van der Waals surface area contributed by atoms with Crippen LogP contribution in [0.15, 0.2) is 36.7 Å². The van der Waals surface area contributed by atoms with Gasteiger partial charge in [0, 0.05) is 12.4 Å². The summed E-state index contributed by atoms with van der Waals surface area (Å²) in [6.07, 6.45) is 2.93. The topological polar surface area (TPSA) is 58.8 Å². The van der Waals surface area contributed by atoms with E-state index in [2.05, 4.69) is 9.97 Å². The van der Waals surface area contributed by atoms with Crippen molar-refractivity contribution in [2.75, 3.05) is 0 Å². The Labute approximate surface area is 97.1 Å². The maximum atomic E-state index is 8.87. The van der Waals surface area contributed by atoms with Gasteiger partial charge in [0.25, 0.3) is 5.88 Å². The van der Waals surface area contributed by atoms with Gasteiger partial charge in [-0.05, 0) is 12.1 Å². The van der Waals surface area contributed by atoms with Crippen molar-refractivity contribution in [3.8, 4) is 17.7 Å². The van der Waals surface area contributed by atoms with E-state index in [9.17, 15) is 0 Å². The first-order valence-electron chi connectivity index (χ1n) is 4.45. The molecule has 0 spiro atoms. The number of halogens is 1. The first-order chi connectivity index (χ1) is 7.81. The van der Waals surface area contributed by atoms with E-state index in [1.807, 2.05) is 6.07 Å². The van der Waals surface area contributed by atoms with Crippen LogP contribution in [0.25, 0.3) is 0 Å². The average molecular weight is 232 g/mol. The van der Waals surface area contributed by atoms with E-state index in [-0.39, 0.29) is 11.0 Å². The van der Waals surface area contributed by atoms with Crippen LogP contribution < -0.4 is 4.74 Å². The Hall–Kier alpha value is -2.12. The van der Waals surface area contributed by atoms with Crippen molar-refractivity contribution in [3.63, 3.8) is 0 Å². The molecule has 0 bridgehead atoms. The van der Waals surface area contributed by atoms with E-state index in [4.69, 9.17) is 21.6 Å². The van der Waals surface area contributed by atoms with E-state index in [0.29, 0.717) is 11.3 Å². The first kappa shape index (κ1) is 10.4. The molecule has 0 atom stereocenters. The first-order valence-corrected chi connectivity index (χ1v) is 4.82. The van der Waals surface area contributed by atoms with E-state index in [1.54, 1.807) is 24.3 Å². The lowest BCUT2D eigenvalue weighted by Gasteiger charge is -2.06. The summed E-state index contributed by atoms with van der Waals surface area (Å²) in [7, 11) is 0. The van der Waals surface area contributed by atoms with Crippen LogP contribution in [0.5, 0.6) is 11.6 Å². The molecule has 78 valence electrons. The van der Waals surface area contributed by atoms with Crippen molar-refractivity contribution in [1.82, 2.24) is 9.97 Å². The molecular formula is C11H6ClN3O. The van der Waals surface area contributed by atoms with Gasteiger partial charge in [-0.1, -0.05) is 23.7 Å².